The van der Waals surface area contributed by atoms with Crippen molar-refractivity contribution >= 4 is 81.2 Å². The van der Waals surface area contributed by atoms with Crippen molar-refractivity contribution in [3.8, 4) is 0 Å². The van der Waals surface area contributed by atoms with Gasteiger partial charge in [0.15, 0.2) is 5.25 Å². The van der Waals surface area contributed by atoms with Gasteiger partial charge < -0.3 is 9.84 Å². The van der Waals surface area contributed by atoms with Gasteiger partial charge in [0.1, 0.15) is 0 Å². The van der Waals surface area contributed by atoms with Crippen LogP contribution in [0.2, 0.25) is 0 Å². The molecule has 178 valence electrons. The van der Waals surface area contributed by atoms with E-state index in [9.17, 15) is 18.0 Å². The molecule has 7 nitrogen and oxygen atoms in total. The molecule has 32 heavy (non-hydrogen) atoms. The average molecular weight is 495 g/mol. The maximum absolute atomic E-state index is 11.7. The van der Waals surface area contributed by atoms with Crippen molar-refractivity contribution in [2.45, 2.75) is 108 Å². The summed E-state index contributed by atoms with van der Waals surface area (Å²) in [5.74, 6) is -2.71. The molecular formula is C22H40Na2O7S. The summed E-state index contributed by atoms with van der Waals surface area (Å²) >= 11 is 0. The predicted octanol–water partition coefficient (Wildman–Crippen LogP) is 4.54. The molecule has 0 aromatic heterocycles. The minimum absolute atomic E-state index is 0. The summed E-state index contributed by atoms with van der Waals surface area (Å²) in [6.45, 7) is 2.25. The van der Waals surface area contributed by atoms with E-state index >= 15 is 0 Å². The molecule has 2 radical (unpaired) electrons. The van der Waals surface area contributed by atoms with Crippen LogP contribution in [0, 0.1) is 0 Å². The van der Waals surface area contributed by atoms with Crippen LogP contribution in [-0.4, -0.2) is 101 Å². The first-order valence-electron chi connectivity index (χ1n) is 11.3. The van der Waals surface area contributed by atoms with Crippen LogP contribution in [0.1, 0.15) is 103 Å². The minimum atomic E-state index is -4.79. The maximum atomic E-state index is 11.7. The summed E-state index contributed by atoms with van der Waals surface area (Å²) < 4.78 is 35.9. The number of allylic oxidation sites excluding steroid dienone is 2. The van der Waals surface area contributed by atoms with Crippen LogP contribution >= 0.6 is 0 Å². The van der Waals surface area contributed by atoms with Crippen LogP contribution in [0.25, 0.3) is 0 Å². The zero-order chi connectivity index (χ0) is 22.7. The third-order valence-corrected chi connectivity index (χ3v) is 5.96. The fourth-order valence-corrected chi connectivity index (χ4v) is 3.75. The van der Waals surface area contributed by atoms with Gasteiger partial charge in [0, 0.05) is 59.1 Å². The molecule has 0 aromatic rings. The van der Waals surface area contributed by atoms with Gasteiger partial charge in [0.25, 0.3) is 10.1 Å². The minimum Gasteiger partial charge on any atom is -0.481 e. The first-order chi connectivity index (χ1) is 14.3. The van der Waals surface area contributed by atoms with E-state index in [1.807, 2.05) is 0 Å². The second kappa shape index (κ2) is 24.7. The normalized spacial score (nSPS) is 12.1. The Morgan fingerprint density at radius 2 is 1.25 bits per heavy atom. The summed E-state index contributed by atoms with van der Waals surface area (Å²) in [7, 11) is -4.79. The number of carboxylic acids is 1. The number of carboxylic acid groups (broad SMARTS) is 1. The Labute approximate surface area is 238 Å². The Kier molecular flexibility index (Phi) is 28.7. The summed E-state index contributed by atoms with van der Waals surface area (Å²) in [5.41, 5.74) is 0. The van der Waals surface area contributed by atoms with Crippen LogP contribution in [-0.2, 0) is 24.4 Å². The molecule has 0 aliphatic carbocycles. The quantitative estimate of drug-likeness (QED) is 0.0839. The monoisotopic (exact) mass is 494 g/mol. The summed E-state index contributed by atoms with van der Waals surface area (Å²) in [4.78, 5) is 22.3. The van der Waals surface area contributed by atoms with Crippen molar-refractivity contribution < 1.29 is 32.4 Å². The topological polar surface area (TPSA) is 118 Å². The smallest absolute Gasteiger partial charge is 0.327 e. The molecule has 0 heterocycles. The largest absolute Gasteiger partial charge is 0.481 e. The van der Waals surface area contributed by atoms with Crippen LogP contribution in [0.3, 0.4) is 0 Å². The van der Waals surface area contributed by atoms with Gasteiger partial charge in [0.05, 0.1) is 13.0 Å². The molecule has 0 spiro atoms. The molecule has 0 aliphatic heterocycles. The fourth-order valence-electron chi connectivity index (χ4n) is 3.08. The zero-order valence-electron chi connectivity index (χ0n) is 20.4. The SMILES string of the molecule is CCCCCCCC/C=C\CCCCCCCCOC(=O)C(CC(=O)O)S(=O)(=O)O.[Na].[Na]. The van der Waals surface area contributed by atoms with Crippen LogP contribution in [0.4, 0.5) is 0 Å². The maximum Gasteiger partial charge on any atom is 0.327 e. The average Bonchev–Trinajstić information content (AvgIpc) is 2.67. The van der Waals surface area contributed by atoms with Crippen molar-refractivity contribution in [3.63, 3.8) is 0 Å². The molecule has 0 amide bonds. The molecule has 0 rings (SSSR count). The van der Waals surface area contributed by atoms with Crippen molar-refractivity contribution in [2.75, 3.05) is 6.61 Å². The Morgan fingerprint density at radius 1 is 0.812 bits per heavy atom. The molecule has 0 aliphatic rings. The molecule has 1 unspecified atom stereocenters. The number of hydrogen-bond acceptors (Lipinski definition) is 5. The van der Waals surface area contributed by atoms with E-state index in [2.05, 4.69) is 19.1 Å². The first kappa shape index (κ1) is 37.1. The van der Waals surface area contributed by atoms with Crippen molar-refractivity contribution in [1.29, 1.82) is 0 Å². The van der Waals surface area contributed by atoms with Crippen LogP contribution in [0.5, 0.6) is 0 Å². The molecule has 0 saturated carbocycles. The van der Waals surface area contributed by atoms with E-state index in [-0.39, 0.29) is 65.7 Å². The van der Waals surface area contributed by atoms with Gasteiger partial charge in [0.2, 0.25) is 0 Å². The standard InChI is InChI=1S/C22H40O7S.2Na/c1-2-3-4-5-6-7-8-9-10-11-12-13-14-15-16-17-18-29-22(25)20(19-21(23)24)30(26,27)28;;/h9-10,20H,2-8,11-19H2,1H3,(H,23,24)(H,26,27,28);;/b10-9-;;. The van der Waals surface area contributed by atoms with Crippen molar-refractivity contribution in [2.24, 2.45) is 0 Å². The third-order valence-electron chi connectivity index (χ3n) is 4.88. The van der Waals surface area contributed by atoms with Crippen LogP contribution in [0.15, 0.2) is 12.2 Å². The predicted molar refractivity (Wildman–Crippen MR) is 130 cm³/mol. The molecule has 10 heteroatoms. The van der Waals surface area contributed by atoms with E-state index < -0.39 is 33.7 Å². The number of aliphatic carboxylic acids is 1. The first-order valence-corrected chi connectivity index (χ1v) is 12.8. The Balaban J connectivity index is -0.00000420. The Bertz CT molecular complexity index is 595. The van der Waals surface area contributed by atoms with Crippen molar-refractivity contribution in [1.82, 2.24) is 0 Å². The summed E-state index contributed by atoms with van der Waals surface area (Å²) in [6.07, 6.45) is 19.6. The van der Waals surface area contributed by atoms with Crippen LogP contribution < -0.4 is 0 Å². The molecular weight excluding hydrogens is 454 g/mol. The molecule has 0 bridgehead atoms. The number of carbonyl (C=O) groups excluding carboxylic acids is 1. The number of hydrogen-bond donors (Lipinski definition) is 2. The molecule has 0 saturated heterocycles. The van der Waals surface area contributed by atoms with Crippen molar-refractivity contribution in [3.05, 3.63) is 12.2 Å². The molecule has 0 aromatic carbocycles. The van der Waals surface area contributed by atoms with Gasteiger partial charge in [-0.25, -0.2) is 0 Å². The van der Waals surface area contributed by atoms with E-state index in [4.69, 9.17) is 14.4 Å². The summed E-state index contributed by atoms with van der Waals surface area (Å²) in [6, 6.07) is 0. The van der Waals surface area contributed by atoms with E-state index in [0.717, 1.165) is 38.5 Å². The van der Waals surface area contributed by atoms with Gasteiger partial charge in [-0.1, -0.05) is 76.9 Å². The van der Waals surface area contributed by atoms with Gasteiger partial charge >= 0.3 is 11.9 Å². The van der Waals surface area contributed by atoms with Gasteiger partial charge in [-0.3, -0.25) is 14.1 Å². The van der Waals surface area contributed by atoms with E-state index in [0.29, 0.717) is 6.42 Å². The molecule has 2 N–H and O–H groups in total. The fraction of sp³-hybridized carbons (Fsp3) is 0.818. The van der Waals surface area contributed by atoms with Gasteiger partial charge in [-0.2, -0.15) is 8.42 Å². The Morgan fingerprint density at radius 3 is 1.69 bits per heavy atom. The molecule has 0 fully saturated rings. The van der Waals surface area contributed by atoms with E-state index in [1.54, 1.807) is 0 Å². The zero-order valence-corrected chi connectivity index (χ0v) is 25.2. The number of unbranched alkanes of at least 4 members (excludes halogenated alkanes) is 12. The number of rotatable bonds is 20. The second-order valence-corrected chi connectivity index (χ2v) is 9.31. The number of carbonyl (C=O) groups is 2. The van der Waals surface area contributed by atoms with E-state index in [1.165, 1.54) is 44.9 Å². The number of ether oxygens (including phenoxy) is 1. The molecule has 1 atom stereocenters. The second-order valence-electron chi connectivity index (χ2n) is 7.71. The van der Waals surface area contributed by atoms with Gasteiger partial charge in [-0.05, 0) is 32.1 Å². The Hall–Kier alpha value is 0.590. The summed E-state index contributed by atoms with van der Waals surface area (Å²) in [5, 5.41) is 6.56. The van der Waals surface area contributed by atoms with Gasteiger partial charge in [-0.15, -0.1) is 0 Å². The third kappa shape index (κ3) is 23.7. The number of esters is 1.